The van der Waals surface area contributed by atoms with Crippen LogP contribution in [0.3, 0.4) is 0 Å². The molecule has 1 saturated carbocycles. The van der Waals surface area contributed by atoms with Crippen molar-refractivity contribution in [2.45, 2.75) is 18.4 Å². The van der Waals surface area contributed by atoms with Crippen molar-refractivity contribution in [2.24, 2.45) is 5.73 Å². The Labute approximate surface area is 99.7 Å². The molecule has 1 aromatic carbocycles. The van der Waals surface area contributed by atoms with Gasteiger partial charge in [-0.3, -0.25) is 0 Å². The first-order valence-electron chi connectivity index (χ1n) is 5.71. The lowest BCUT2D eigenvalue weighted by molar-refractivity contribution is 0.410. The maximum absolute atomic E-state index is 6.28. The number of rotatable bonds is 3. The average molecular weight is 232 g/mol. The number of nitrogens with one attached hydrogen (secondary N) is 1. The van der Waals surface area contributed by atoms with E-state index in [-0.39, 0.29) is 5.54 Å². The van der Waals surface area contributed by atoms with Crippen LogP contribution in [0.2, 0.25) is 0 Å². The van der Waals surface area contributed by atoms with Gasteiger partial charge in [0, 0.05) is 17.3 Å². The molecule has 1 heterocycles. The van der Waals surface area contributed by atoms with E-state index in [0.29, 0.717) is 0 Å². The van der Waals surface area contributed by atoms with Crippen LogP contribution in [-0.4, -0.2) is 19.2 Å². The van der Waals surface area contributed by atoms with Crippen LogP contribution < -0.4 is 15.2 Å². The van der Waals surface area contributed by atoms with E-state index in [1.807, 2.05) is 18.3 Å². The zero-order valence-electron chi connectivity index (χ0n) is 10.0. The maximum atomic E-state index is 6.28. The van der Waals surface area contributed by atoms with Crippen LogP contribution in [0.25, 0.3) is 10.9 Å². The maximum Gasteiger partial charge on any atom is 0.143 e. The van der Waals surface area contributed by atoms with Crippen molar-refractivity contribution in [3.63, 3.8) is 0 Å². The van der Waals surface area contributed by atoms with Crippen LogP contribution in [0.4, 0.5) is 0 Å². The van der Waals surface area contributed by atoms with Gasteiger partial charge in [0.15, 0.2) is 0 Å². The van der Waals surface area contributed by atoms with Gasteiger partial charge in [0.2, 0.25) is 0 Å². The molecule has 0 saturated heterocycles. The molecule has 1 aliphatic rings. The number of aromatic amines is 1. The molecular formula is C13H16N2O2. The molecule has 1 fully saturated rings. The number of H-pyrrole nitrogens is 1. The Morgan fingerprint density at radius 2 is 1.82 bits per heavy atom. The van der Waals surface area contributed by atoms with E-state index < -0.39 is 0 Å². The topological polar surface area (TPSA) is 60.3 Å². The fraction of sp³-hybridized carbons (Fsp3) is 0.385. The van der Waals surface area contributed by atoms with Crippen LogP contribution in [0.15, 0.2) is 18.3 Å². The third-order valence-corrected chi connectivity index (χ3v) is 3.52. The normalized spacial score (nSPS) is 17.1. The molecule has 0 bridgehead atoms. The summed E-state index contributed by atoms with van der Waals surface area (Å²) in [6.07, 6.45) is 4.03. The van der Waals surface area contributed by atoms with Gasteiger partial charge in [0.25, 0.3) is 0 Å². The molecule has 90 valence electrons. The predicted molar refractivity (Wildman–Crippen MR) is 66.5 cm³/mol. The van der Waals surface area contributed by atoms with Gasteiger partial charge < -0.3 is 20.2 Å². The second-order valence-corrected chi connectivity index (χ2v) is 4.58. The van der Waals surface area contributed by atoms with Crippen LogP contribution in [-0.2, 0) is 5.54 Å². The van der Waals surface area contributed by atoms with Crippen LogP contribution in [0, 0.1) is 0 Å². The Morgan fingerprint density at radius 3 is 2.41 bits per heavy atom. The number of hydrogen-bond acceptors (Lipinski definition) is 3. The molecule has 17 heavy (non-hydrogen) atoms. The number of benzene rings is 1. The Kier molecular flexibility index (Phi) is 2.10. The van der Waals surface area contributed by atoms with Crippen molar-refractivity contribution in [1.82, 2.24) is 4.98 Å². The minimum Gasteiger partial charge on any atom is -0.496 e. The third-order valence-electron chi connectivity index (χ3n) is 3.52. The van der Waals surface area contributed by atoms with Gasteiger partial charge in [-0.05, 0) is 25.0 Å². The van der Waals surface area contributed by atoms with Gasteiger partial charge in [-0.1, -0.05) is 0 Å². The highest BCUT2D eigenvalue weighted by Gasteiger charge is 2.42. The first-order chi connectivity index (χ1) is 8.19. The Balaban J connectivity index is 2.31. The van der Waals surface area contributed by atoms with Crippen molar-refractivity contribution in [3.8, 4) is 11.5 Å². The third kappa shape index (κ3) is 1.41. The van der Waals surface area contributed by atoms with Gasteiger partial charge in [-0.25, -0.2) is 0 Å². The number of fused-ring (bicyclic) bond motifs is 1. The van der Waals surface area contributed by atoms with E-state index in [0.717, 1.165) is 40.8 Å². The number of nitrogens with two attached hydrogens (primary N) is 1. The van der Waals surface area contributed by atoms with Gasteiger partial charge >= 0.3 is 0 Å². The van der Waals surface area contributed by atoms with E-state index in [9.17, 15) is 0 Å². The summed E-state index contributed by atoms with van der Waals surface area (Å²) >= 11 is 0. The molecule has 2 aromatic rings. The monoisotopic (exact) mass is 232 g/mol. The lowest BCUT2D eigenvalue weighted by Gasteiger charge is -2.11. The van der Waals surface area contributed by atoms with Crippen LogP contribution >= 0.6 is 0 Å². The standard InChI is InChI=1S/C13H16N2O2/c1-16-9-3-4-10(17-2)12-11(9)8(7-15-12)13(14)5-6-13/h3-4,7,15H,5-6,14H2,1-2H3. The van der Waals surface area contributed by atoms with Crippen LogP contribution in [0.5, 0.6) is 11.5 Å². The van der Waals surface area contributed by atoms with Crippen LogP contribution in [0.1, 0.15) is 18.4 Å². The molecule has 1 aliphatic carbocycles. The first kappa shape index (κ1) is 10.5. The van der Waals surface area contributed by atoms with Gasteiger partial charge in [0.05, 0.1) is 25.1 Å². The highest BCUT2D eigenvalue weighted by Crippen LogP contribution is 2.48. The number of methoxy groups -OCH3 is 2. The highest BCUT2D eigenvalue weighted by atomic mass is 16.5. The summed E-state index contributed by atoms with van der Waals surface area (Å²) in [6.45, 7) is 0. The number of aromatic nitrogens is 1. The zero-order chi connectivity index (χ0) is 12.0. The van der Waals surface area contributed by atoms with Gasteiger partial charge in [-0.15, -0.1) is 0 Å². The van der Waals surface area contributed by atoms with Gasteiger partial charge in [0.1, 0.15) is 11.5 Å². The Hall–Kier alpha value is -1.68. The van der Waals surface area contributed by atoms with Crippen molar-refractivity contribution in [2.75, 3.05) is 14.2 Å². The quantitative estimate of drug-likeness (QED) is 0.852. The van der Waals surface area contributed by atoms with E-state index in [1.54, 1.807) is 14.2 Å². The summed E-state index contributed by atoms with van der Waals surface area (Å²) in [7, 11) is 3.34. The van der Waals surface area contributed by atoms with E-state index >= 15 is 0 Å². The molecule has 0 amide bonds. The summed E-state index contributed by atoms with van der Waals surface area (Å²) in [4.78, 5) is 3.24. The fourth-order valence-electron chi connectivity index (χ4n) is 2.33. The average Bonchev–Trinajstić information content (AvgIpc) is 2.93. The lowest BCUT2D eigenvalue weighted by atomic mass is 10.0. The van der Waals surface area contributed by atoms with Crippen molar-refractivity contribution >= 4 is 10.9 Å². The molecule has 3 rings (SSSR count). The Bertz CT molecular complexity index is 570. The summed E-state index contributed by atoms with van der Waals surface area (Å²) in [6, 6.07) is 3.82. The van der Waals surface area contributed by atoms with Crippen molar-refractivity contribution in [1.29, 1.82) is 0 Å². The number of ether oxygens (including phenoxy) is 2. The second kappa shape index (κ2) is 3.40. The summed E-state index contributed by atoms with van der Waals surface area (Å²) in [5.41, 5.74) is 8.18. The molecule has 1 aromatic heterocycles. The van der Waals surface area contributed by atoms with E-state index in [2.05, 4.69) is 4.98 Å². The summed E-state index contributed by atoms with van der Waals surface area (Å²) in [5, 5.41) is 1.05. The number of hydrogen-bond donors (Lipinski definition) is 2. The van der Waals surface area contributed by atoms with E-state index in [4.69, 9.17) is 15.2 Å². The molecule has 0 aliphatic heterocycles. The molecule has 4 heteroatoms. The SMILES string of the molecule is COc1ccc(OC)c2c(C3(N)CC3)c[nH]c12. The lowest BCUT2D eigenvalue weighted by Crippen LogP contribution is -2.18. The zero-order valence-corrected chi connectivity index (χ0v) is 10.0. The molecule has 0 atom stereocenters. The smallest absolute Gasteiger partial charge is 0.143 e. The van der Waals surface area contributed by atoms with E-state index in [1.165, 1.54) is 0 Å². The minimum absolute atomic E-state index is 0.183. The molecule has 0 radical (unpaired) electrons. The second-order valence-electron chi connectivity index (χ2n) is 4.58. The summed E-state index contributed by atoms with van der Waals surface area (Å²) in [5.74, 6) is 1.66. The van der Waals surface area contributed by atoms with Crippen molar-refractivity contribution < 1.29 is 9.47 Å². The summed E-state index contributed by atoms with van der Waals surface area (Å²) < 4.78 is 10.8. The molecular weight excluding hydrogens is 216 g/mol. The predicted octanol–water partition coefficient (Wildman–Crippen LogP) is 2.13. The largest absolute Gasteiger partial charge is 0.496 e. The minimum atomic E-state index is -0.183. The van der Waals surface area contributed by atoms with Gasteiger partial charge in [-0.2, -0.15) is 0 Å². The molecule has 3 N–H and O–H groups in total. The molecule has 0 spiro atoms. The van der Waals surface area contributed by atoms with Crippen molar-refractivity contribution in [3.05, 3.63) is 23.9 Å². The molecule has 0 unspecified atom stereocenters. The molecule has 4 nitrogen and oxygen atoms in total. The highest BCUT2D eigenvalue weighted by molar-refractivity contribution is 5.94. The Morgan fingerprint density at radius 1 is 1.18 bits per heavy atom. The first-order valence-corrected chi connectivity index (χ1v) is 5.71. The fourth-order valence-corrected chi connectivity index (χ4v) is 2.33.